The minimum absolute atomic E-state index is 0.154. The Morgan fingerprint density at radius 1 is 1.29 bits per heavy atom. The summed E-state index contributed by atoms with van der Waals surface area (Å²) in [4.78, 5) is 23.5. The zero-order chi connectivity index (χ0) is 15.4. The molecule has 0 aromatic heterocycles. The largest absolute Gasteiger partial charge is 0.462 e. The van der Waals surface area contributed by atoms with Crippen LogP contribution in [0.2, 0.25) is 0 Å². The van der Waals surface area contributed by atoms with Gasteiger partial charge in [-0.15, -0.1) is 0 Å². The van der Waals surface area contributed by atoms with E-state index < -0.39 is 23.3 Å². The predicted molar refractivity (Wildman–Crippen MR) is 64.0 cm³/mol. The van der Waals surface area contributed by atoms with Crippen molar-refractivity contribution in [3.05, 3.63) is 12.2 Å². The fraction of sp³-hybridized carbons (Fsp3) is 0.714. The molecule has 2 aliphatic heterocycles. The Kier molecular flexibility index (Phi) is 3.07. The van der Waals surface area contributed by atoms with E-state index >= 15 is 0 Å². The normalized spacial score (nSPS) is 37.9. The second kappa shape index (κ2) is 4.48. The van der Waals surface area contributed by atoms with E-state index in [4.69, 9.17) is 9.47 Å². The van der Waals surface area contributed by atoms with Gasteiger partial charge in [-0.05, 0) is 25.2 Å². The molecule has 4 aliphatic rings. The molecule has 116 valence electrons. The summed E-state index contributed by atoms with van der Waals surface area (Å²) >= 11 is 0. The number of rotatable bonds is 2. The molecule has 2 heterocycles. The van der Waals surface area contributed by atoms with Crippen LogP contribution in [0.5, 0.6) is 0 Å². The molecule has 2 aliphatic carbocycles. The van der Waals surface area contributed by atoms with Gasteiger partial charge in [0.05, 0.1) is 5.92 Å². The predicted octanol–water partition coefficient (Wildman–Crippen LogP) is 2.52. The van der Waals surface area contributed by atoms with Crippen LogP contribution >= 0.6 is 0 Å². The lowest BCUT2D eigenvalue weighted by Crippen LogP contribution is -2.48. The summed E-state index contributed by atoms with van der Waals surface area (Å²) in [6.07, 6.45) is -2.79. The Bertz CT molecular complexity index is 513. The van der Waals surface area contributed by atoms with Gasteiger partial charge in [-0.25, -0.2) is 4.79 Å². The molecule has 4 nitrogen and oxygen atoms in total. The third kappa shape index (κ3) is 2.53. The van der Waals surface area contributed by atoms with E-state index in [-0.39, 0.29) is 36.8 Å². The highest BCUT2D eigenvalue weighted by Gasteiger charge is 2.55. The van der Waals surface area contributed by atoms with Crippen molar-refractivity contribution >= 4 is 11.9 Å². The van der Waals surface area contributed by atoms with E-state index in [2.05, 4.69) is 6.58 Å². The van der Waals surface area contributed by atoms with Gasteiger partial charge in [0.25, 0.3) is 0 Å². The maximum Gasteiger partial charge on any atom is 0.422 e. The van der Waals surface area contributed by atoms with Gasteiger partial charge in [-0.3, -0.25) is 4.79 Å². The molecule has 0 radical (unpaired) electrons. The monoisotopic (exact) mass is 304 g/mol. The minimum Gasteiger partial charge on any atom is -0.462 e. The fourth-order valence-electron chi connectivity index (χ4n) is 3.87. The topological polar surface area (TPSA) is 52.6 Å². The van der Waals surface area contributed by atoms with Crippen molar-refractivity contribution in [1.82, 2.24) is 0 Å². The van der Waals surface area contributed by atoms with Crippen molar-refractivity contribution in [2.45, 2.75) is 50.0 Å². The number of hydrogen-bond donors (Lipinski definition) is 0. The Labute approximate surface area is 119 Å². The zero-order valence-corrected chi connectivity index (χ0v) is 11.2. The molecule has 0 amide bonds. The van der Waals surface area contributed by atoms with Gasteiger partial charge >= 0.3 is 18.1 Å². The maximum atomic E-state index is 12.5. The van der Waals surface area contributed by atoms with Crippen LogP contribution in [0.3, 0.4) is 0 Å². The summed E-state index contributed by atoms with van der Waals surface area (Å²) in [6.45, 7) is 2.76. The highest BCUT2D eigenvalue weighted by atomic mass is 19.4. The lowest BCUT2D eigenvalue weighted by Gasteiger charge is -2.45. The number of esters is 2. The molecule has 2 saturated carbocycles. The summed E-state index contributed by atoms with van der Waals surface area (Å²) < 4.78 is 48.0. The van der Waals surface area contributed by atoms with E-state index in [1.807, 2.05) is 0 Å². The molecule has 4 atom stereocenters. The average molecular weight is 304 g/mol. The van der Waals surface area contributed by atoms with Gasteiger partial charge < -0.3 is 9.47 Å². The number of carbonyl (C=O) groups excluding carboxylic acids is 2. The molecule has 4 rings (SSSR count). The van der Waals surface area contributed by atoms with Gasteiger partial charge in [0, 0.05) is 12.8 Å². The highest BCUT2D eigenvalue weighted by Crippen LogP contribution is 2.51. The number of halogens is 3. The molecule has 4 unspecified atom stereocenters. The third-order valence-electron chi connectivity index (χ3n) is 4.61. The van der Waals surface area contributed by atoms with Gasteiger partial charge in [0.15, 0.2) is 0 Å². The minimum atomic E-state index is -4.80. The molecule has 0 aromatic carbocycles. The summed E-state index contributed by atoms with van der Waals surface area (Å²) in [7, 11) is 0. The van der Waals surface area contributed by atoms with Crippen molar-refractivity contribution in [3.8, 4) is 0 Å². The van der Waals surface area contributed by atoms with Crippen molar-refractivity contribution in [1.29, 1.82) is 0 Å². The van der Waals surface area contributed by atoms with Crippen LogP contribution in [0.15, 0.2) is 12.2 Å². The van der Waals surface area contributed by atoms with E-state index in [1.165, 1.54) is 0 Å². The van der Waals surface area contributed by atoms with E-state index in [0.29, 0.717) is 19.3 Å². The fourth-order valence-corrected chi connectivity index (χ4v) is 3.87. The first-order valence-electron chi connectivity index (χ1n) is 6.88. The number of alkyl halides is 3. The van der Waals surface area contributed by atoms with Crippen LogP contribution in [0.4, 0.5) is 13.2 Å². The third-order valence-corrected chi connectivity index (χ3v) is 4.61. The second-order valence-corrected chi connectivity index (χ2v) is 6.25. The van der Waals surface area contributed by atoms with E-state index in [1.54, 1.807) is 0 Å². The van der Waals surface area contributed by atoms with Gasteiger partial charge in [-0.2, -0.15) is 13.2 Å². The van der Waals surface area contributed by atoms with Gasteiger partial charge in [0.1, 0.15) is 17.3 Å². The van der Waals surface area contributed by atoms with E-state index in [9.17, 15) is 22.8 Å². The number of ether oxygens (including phenoxy) is 2. The molecule has 4 fully saturated rings. The first kappa shape index (κ1) is 14.4. The molecule has 7 heteroatoms. The van der Waals surface area contributed by atoms with Crippen molar-refractivity contribution in [3.63, 3.8) is 0 Å². The van der Waals surface area contributed by atoms with Crippen LogP contribution in [0.1, 0.15) is 32.1 Å². The molecule has 0 N–H and O–H groups in total. The standard InChI is InChI=1S/C14H15F3O4/c1-7(14(15,16)17)11(18)21-13-4-8-2-9(5-13)12(19)20-10(3-8)6-13/h8-10H,1-6H2. The van der Waals surface area contributed by atoms with Crippen LogP contribution in [0, 0.1) is 11.8 Å². The molecular formula is C14H15F3O4. The summed E-state index contributed by atoms with van der Waals surface area (Å²) in [6, 6.07) is 0. The molecule has 21 heavy (non-hydrogen) atoms. The Morgan fingerprint density at radius 3 is 2.67 bits per heavy atom. The lowest BCUT2D eigenvalue weighted by molar-refractivity contribution is -0.177. The Morgan fingerprint density at radius 2 is 2.00 bits per heavy atom. The smallest absolute Gasteiger partial charge is 0.422 e. The van der Waals surface area contributed by atoms with E-state index in [0.717, 1.165) is 0 Å². The molecule has 0 spiro atoms. The number of fused-ring (bicyclic) bond motifs is 1. The molecule has 0 aromatic rings. The molecular weight excluding hydrogens is 289 g/mol. The number of hydrogen-bond acceptors (Lipinski definition) is 4. The van der Waals surface area contributed by atoms with Crippen LogP contribution in [0.25, 0.3) is 0 Å². The van der Waals surface area contributed by atoms with Gasteiger partial charge in [0.2, 0.25) is 0 Å². The first-order valence-corrected chi connectivity index (χ1v) is 6.88. The van der Waals surface area contributed by atoms with Crippen LogP contribution < -0.4 is 0 Å². The quantitative estimate of drug-likeness (QED) is 0.581. The van der Waals surface area contributed by atoms with Crippen molar-refractivity contribution < 1.29 is 32.2 Å². The summed E-state index contributed by atoms with van der Waals surface area (Å²) in [5.41, 5.74) is -2.53. The summed E-state index contributed by atoms with van der Waals surface area (Å²) in [5.74, 6) is -2.00. The highest BCUT2D eigenvalue weighted by molar-refractivity contribution is 5.89. The lowest BCUT2D eigenvalue weighted by atomic mass is 9.65. The van der Waals surface area contributed by atoms with Crippen molar-refractivity contribution in [2.24, 2.45) is 11.8 Å². The second-order valence-electron chi connectivity index (χ2n) is 6.25. The zero-order valence-electron chi connectivity index (χ0n) is 11.2. The Balaban J connectivity index is 1.80. The van der Waals surface area contributed by atoms with Crippen LogP contribution in [-0.4, -0.2) is 29.8 Å². The number of carbonyl (C=O) groups is 2. The molecule has 2 saturated heterocycles. The van der Waals surface area contributed by atoms with Crippen LogP contribution in [-0.2, 0) is 19.1 Å². The van der Waals surface area contributed by atoms with Crippen molar-refractivity contribution in [2.75, 3.05) is 0 Å². The molecule has 4 bridgehead atoms. The Hall–Kier alpha value is -1.53. The first-order chi connectivity index (χ1) is 9.68. The maximum absolute atomic E-state index is 12.5. The average Bonchev–Trinajstić information content (AvgIpc) is 2.49. The summed E-state index contributed by atoms with van der Waals surface area (Å²) in [5, 5.41) is 0. The SMILES string of the molecule is C=C(C(=O)OC12CC3CC(C1)OC(=O)C(C3)C2)C(F)(F)F. The van der Waals surface area contributed by atoms with Gasteiger partial charge in [-0.1, -0.05) is 6.58 Å².